The van der Waals surface area contributed by atoms with Crippen LogP contribution < -0.4 is 4.90 Å². The predicted octanol–water partition coefficient (Wildman–Crippen LogP) is 3.47. The van der Waals surface area contributed by atoms with Crippen LogP contribution in [0.1, 0.15) is 17.2 Å². The smallest absolute Gasteiger partial charge is 0.123 e. The van der Waals surface area contributed by atoms with Crippen LogP contribution in [0.5, 0.6) is 0 Å². The summed E-state index contributed by atoms with van der Waals surface area (Å²) in [6.07, 6.45) is 1.41. The summed E-state index contributed by atoms with van der Waals surface area (Å²) in [6.45, 7) is 6.22. The lowest BCUT2D eigenvalue weighted by atomic mass is 10.1. The van der Waals surface area contributed by atoms with E-state index in [0.29, 0.717) is 6.54 Å². The Labute approximate surface area is 152 Å². The molecule has 4 nitrogen and oxygen atoms in total. The highest BCUT2D eigenvalue weighted by Crippen LogP contribution is 2.26. The van der Waals surface area contributed by atoms with E-state index in [0.717, 1.165) is 48.3 Å². The number of hydrogen-bond acceptors (Lipinski definition) is 3. The van der Waals surface area contributed by atoms with Gasteiger partial charge in [0.2, 0.25) is 0 Å². The van der Waals surface area contributed by atoms with Gasteiger partial charge in [-0.2, -0.15) is 0 Å². The standard InChI is InChI=1S/C21H24FN3O/c1-15-2-7-18-19(13-23-20(18)12-15)21(26)14-24-8-10-25(11-9-24)17-5-3-16(22)4-6-17/h2-7,12-13,21,23,26H,8-11,14H2,1H3/t21-/m0/s1. The van der Waals surface area contributed by atoms with Crippen LogP contribution >= 0.6 is 0 Å². The number of aryl methyl sites for hydroxylation is 1. The van der Waals surface area contributed by atoms with Gasteiger partial charge >= 0.3 is 0 Å². The van der Waals surface area contributed by atoms with Crippen LogP contribution in [0, 0.1) is 12.7 Å². The van der Waals surface area contributed by atoms with Crippen LogP contribution in [-0.2, 0) is 0 Å². The lowest BCUT2D eigenvalue weighted by Gasteiger charge is -2.36. The Morgan fingerprint density at radius 2 is 1.81 bits per heavy atom. The van der Waals surface area contributed by atoms with Crippen LogP contribution in [0.4, 0.5) is 10.1 Å². The van der Waals surface area contributed by atoms with E-state index in [9.17, 15) is 9.50 Å². The first-order valence-corrected chi connectivity index (χ1v) is 9.09. The van der Waals surface area contributed by atoms with Crippen LogP contribution in [0.15, 0.2) is 48.7 Å². The molecule has 2 aromatic carbocycles. The number of β-amino-alcohol motifs (C(OH)–C–C–N with tert-alkyl or cyclic N) is 1. The Morgan fingerprint density at radius 1 is 1.08 bits per heavy atom. The lowest BCUT2D eigenvalue weighted by molar-refractivity contribution is 0.110. The Bertz CT molecular complexity index is 882. The Morgan fingerprint density at radius 3 is 2.54 bits per heavy atom. The van der Waals surface area contributed by atoms with Gasteiger partial charge in [0.05, 0.1) is 6.10 Å². The highest BCUT2D eigenvalue weighted by atomic mass is 19.1. The number of aromatic amines is 1. The number of aliphatic hydroxyl groups is 1. The molecule has 1 aliphatic heterocycles. The number of rotatable bonds is 4. The average molecular weight is 353 g/mol. The molecule has 3 aromatic rings. The van der Waals surface area contributed by atoms with E-state index in [2.05, 4.69) is 39.9 Å². The number of benzene rings is 2. The molecule has 0 amide bonds. The minimum Gasteiger partial charge on any atom is -0.387 e. The quantitative estimate of drug-likeness (QED) is 0.755. The summed E-state index contributed by atoms with van der Waals surface area (Å²) in [6, 6.07) is 12.9. The Hall–Kier alpha value is -2.37. The summed E-state index contributed by atoms with van der Waals surface area (Å²) in [5.41, 5.74) is 4.29. The number of nitrogens with one attached hydrogen (secondary N) is 1. The largest absolute Gasteiger partial charge is 0.387 e. The van der Waals surface area contributed by atoms with Gasteiger partial charge in [-0.15, -0.1) is 0 Å². The molecule has 0 unspecified atom stereocenters. The van der Waals surface area contributed by atoms with E-state index in [1.165, 1.54) is 17.7 Å². The molecule has 5 heteroatoms. The average Bonchev–Trinajstić information content (AvgIpc) is 3.06. The van der Waals surface area contributed by atoms with Gasteiger partial charge in [-0.05, 0) is 42.8 Å². The van der Waals surface area contributed by atoms with Crippen molar-refractivity contribution in [3.8, 4) is 0 Å². The van der Waals surface area contributed by atoms with Crippen molar-refractivity contribution in [1.29, 1.82) is 0 Å². The molecule has 136 valence electrons. The van der Waals surface area contributed by atoms with E-state index in [4.69, 9.17) is 0 Å². The summed E-state index contributed by atoms with van der Waals surface area (Å²) in [7, 11) is 0. The van der Waals surface area contributed by atoms with Crippen LogP contribution in [0.25, 0.3) is 10.9 Å². The molecule has 4 rings (SSSR count). The van der Waals surface area contributed by atoms with Gasteiger partial charge in [-0.1, -0.05) is 12.1 Å². The van der Waals surface area contributed by atoms with Crippen molar-refractivity contribution in [1.82, 2.24) is 9.88 Å². The van der Waals surface area contributed by atoms with Crippen molar-refractivity contribution in [2.24, 2.45) is 0 Å². The number of anilines is 1. The Kier molecular flexibility index (Phi) is 4.66. The van der Waals surface area contributed by atoms with Gasteiger partial charge in [-0.25, -0.2) is 4.39 Å². The van der Waals surface area contributed by atoms with E-state index in [1.807, 2.05) is 18.3 Å². The molecule has 26 heavy (non-hydrogen) atoms. The fourth-order valence-electron chi connectivity index (χ4n) is 3.72. The minimum absolute atomic E-state index is 0.204. The Balaban J connectivity index is 1.38. The van der Waals surface area contributed by atoms with Crippen LogP contribution in [0.2, 0.25) is 0 Å². The number of aliphatic hydroxyl groups excluding tert-OH is 1. The SMILES string of the molecule is Cc1ccc2c([C@@H](O)CN3CCN(c4ccc(F)cc4)CC3)c[nH]c2c1. The number of H-pyrrole nitrogens is 1. The minimum atomic E-state index is -0.510. The number of halogens is 1. The second-order valence-corrected chi connectivity index (χ2v) is 7.07. The topological polar surface area (TPSA) is 42.5 Å². The van der Waals surface area contributed by atoms with Crippen molar-refractivity contribution in [3.05, 3.63) is 65.6 Å². The zero-order valence-corrected chi connectivity index (χ0v) is 15.0. The third kappa shape index (κ3) is 3.45. The van der Waals surface area contributed by atoms with E-state index < -0.39 is 6.10 Å². The summed E-state index contributed by atoms with van der Waals surface area (Å²) < 4.78 is 13.1. The van der Waals surface area contributed by atoms with Gasteiger partial charge in [0, 0.05) is 61.1 Å². The maximum absolute atomic E-state index is 13.1. The van der Waals surface area contributed by atoms with Gasteiger partial charge < -0.3 is 15.0 Å². The molecule has 2 N–H and O–H groups in total. The van der Waals surface area contributed by atoms with Gasteiger partial charge in [0.15, 0.2) is 0 Å². The molecule has 0 saturated carbocycles. The number of piperazine rings is 1. The molecule has 0 bridgehead atoms. The summed E-state index contributed by atoms with van der Waals surface area (Å²) >= 11 is 0. The van der Waals surface area contributed by atoms with E-state index in [-0.39, 0.29) is 5.82 Å². The maximum atomic E-state index is 13.1. The molecule has 1 saturated heterocycles. The lowest BCUT2D eigenvalue weighted by Crippen LogP contribution is -2.47. The third-order valence-electron chi connectivity index (χ3n) is 5.22. The summed E-state index contributed by atoms with van der Waals surface area (Å²) in [4.78, 5) is 7.81. The second kappa shape index (κ2) is 7.09. The molecule has 1 atom stereocenters. The molecule has 0 spiro atoms. The van der Waals surface area contributed by atoms with Gasteiger partial charge in [-0.3, -0.25) is 4.90 Å². The molecule has 0 radical (unpaired) electrons. The first kappa shape index (κ1) is 17.1. The number of hydrogen-bond donors (Lipinski definition) is 2. The van der Waals surface area contributed by atoms with Crippen molar-refractivity contribution >= 4 is 16.6 Å². The summed E-state index contributed by atoms with van der Waals surface area (Å²) in [5, 5.41) is 11.8. The fourth-order valence-corrected chi connectivity index (χ4v) is 3.72. The molecule has 1 fully saturated rings. The normalized spacial score (nSPS) is 17.0. The molecular formula is C21H24FN3O. The number of nitrogens with zero attached hydrogens (tertiary/aromatic N) is 2. The molecule has 1 aliphatic rings. The van der Waals surface area contributed by atoms with E-state index in [1.54, 1.807) is 0 Å². The number of aromatic nitrogens is 1. The maximum Gasteiger partial charge on any atom is 0.123 e. The second-order valence-electron chi connectivity index (χ2n) is 7.07. The van der Waals surface area contributed by atoms with E-state index >= 15 is 0 Å². The monoisotopic (exact) mass is 353 g/mol. The zero-order chi connectivity index (χ0) is 18.1. The first-order chi connectivity index (χ1) is 12.6. The molecule has 0 aliphatic carbocycles. The highest BCUT2D eigenvalue weighted by molar-refractivity contribution is 5.84. The highest BCUT2D eigenvalue weighted by Gasteiger charge is 2.21. The molecule has 1 aromatic heterocycles. The predicted molar refractivity (Wildman–Crippen MR) is 103 cm³/mol. The molecular weight excluding hydrogens is 329 g/mol. The van der Waals surface area contributed by atoms with Crippen molar-refractivity contribution in [2.75, 3.05) is 37.6 Å². The van der Waals surface area contributed by atoms with Crippen LogP contribution in [0.3, 0.4) is 0 Å². The van der Waals surface area contributed by atoms with Gasteiger partial charge in [0.25, 0.3) is 0 Å². The number of fused-ring (bicyclic) bond motifs is 1. The summed E-state index contributed by atoms with van der Waals surface area (Å²) in [5.74, 6) is -0.204. The van der Waals surface area contributed by atoms with Crippen molar-refractivity contribution in [2.45, 2.75) is 13.0 Å². The van der Waals surface area contributed by atoms with Crippen molar-refractivity contribution < 1.29 is 9.50 Å². The van der Waals surface area contributed by atoms with Crippen molar-refractivity contribution in [3.63, 3.8) is 0 Å². The first-order valence-electron chi connectivity index (χ1n) is 9.09. The molecule has 2 heterocycles. The fraction of sp³-hybridized carbons (Fsp3) is 0.333. The third-order valence-corrected chi connectivity index (χ3v) is 5.22. The van der Waals surface area contributed by atoms with Crippen LogP contribution in [-0.4, -0.2) is 47.7 Å². The van der Waals surface area contributed by atoms with Gasteiger partial charge in [0.1, 0.15) is 5.82 Å². The zero-order valence-electron chi connectivity index (χ0n) is 15.0.